The van der Waals surface area contributed by atoms with Gasteiger partial charge in [0.05, 0.1) is 24.7 Å². The molecular formula is C24H34O10. The first-order valence-electron chi connectivity index (χ1n) is 11.6. The van der Waals surface area contributed by atoms with Crippen molar-refractivity contribution in [1.29, 1.82) is 0 Å². The summed E-state index contributed by atoms with van der Waals surface area (Å²) in [5, 5.41) is 21.6. The Morgan fingerprint density at radius 2 is 1.85 bits per heavy atom. The molecule has 34 heavy (non-hydrogen) atoms. The zero-order valence-corrected chi connectivity index (χ0v) is 20.5. The lowest BCUT2D eigenvalue weighted by Gasteiger charge is -2.58. The number of carbonyl (C=O) groups is 3. The van der Waals surface area contributed by atoms with Crippen LogP contribution in [0.15, 0.2) is 11.6 Å². The van der Waals surface area contributed by atoms with E-state index < -0.39 is 70.5 Å². The molecule has 4 aliphatic rings. The molecule has 10 heteroatoms. The molecule has 0 aromatic carbocycles. The molecule has 2 heterocycles. The van der Waals surface area contributed by atoms with E-state index >= 15 is 0 Å². The van der Waals surface area contributed by atoms with Crippen molar-refractivity contribution in [2.75, 3.05) is 13.2 Å². The number of esters is 3. The van der Waals surface area contributed by atoms with Crippen molar-refractivity contribution in [1.82, 2.24) is 0 Å². The first-order chi connectivity index (χ1) is 15.7. The predicted molar refractivity (Wildman–Crippen MR) is 115 cm³/mol. The molecule has 2 aliphatic carbocycles. The highest BCUT2D eigenvalue weighted by Crippen LogP contribution is 2.72. The molecule has 4 rings (SSSR count). The summed E-state index contributed by atoms with van der Waals surface area (Å²) < 4.78 is 29.1. The Morgan fingerprint density at radius 3 is 2.38 bits per heavy atom. The van der Waals surface area contributed by atoms with E-state index in [0.29, 0.717) is 0 Å². The van der Waals surface area contributed by atoms with E-state index in [4.69, 9.17) is 23.7 Å². The SMILES string of the molecule is CC(=O)OCC12CC(OC(=O)CC(C)(C)O)C(C)=CC1OC1C(OC(C)=O)C(O)C2(C)C12CO2. The smallest absolute Gasteiger partial charge is 0.309 e. The van der Waals surface area contributed by atoms with Gasteiger partial charge in [0.2, 0.25) is 0 Å². The largest absolute Gasteiger partial charge is 0.465 e. The summed E-state index contributed by atoms with van der Waals surface area (Å²) in [6, 6.07) is 0. The zero-order valence-electron chi connectivity index (χ0n) is 20.5. The minimum atomic E-state index is -1.24. The average molecular weight is 483 g/mol. The quantitative estimate of drug-likeness (QED) is 0.242. The number of aliphatic hydroxyl groups excluding tert-OH is 1. The van der Waals surface area contributed by atoms with Gasteiger partial charge in [-0.15, -0.1) is 0 Å². The molecule has 0 radical (unpaired) electrons. The second-order valence-corrected chi connectivity index (χ2v) is 10.9. The number of rotatable bonds is 6. The topological polar surface area (TPSA) is 141 Å². The first-order valence-corrected chi connectivity index (χ1v) is 11.6. The molecule has 1 saturated carbocycles. The number of carbonyl (C=O) groups excluding carboxylic acids is 3. The molecule has 2 aliphatic heterocycles. The Morgan fingerprint density at radius 1 is 1.21 bits per heavy atom. The van der Waals surface area contributed by atoms with E-state index in [0.717, 1.165) is 5.57 Å². The molecule has 8 unspecified atom stereocenters. The molecule has 2 N–H and O–H groups in total. The van der Waals surface area contributed by atoms with Crippen LogP contribution >= 0.6 is 0 Å². The van der Waals surface area contributed by atoms with Crippen LogP contribution in [0.1, 0.15) is 54.4 Å². The summed E-state index contributed by atoms with van der Waals surface area (Å²) in [6.45, 7) is 9.41. The number of aliphatic hydroxyl groups is 2. The van der Waals surface area contributed by atoms with E-state index in [1.54, 1.807) is 0 Å². The summed E-state index contributed by atoms with van der Waals surface area (Å²) in [7, 11) is 0. The van der Waals surface area contributed by atoms with Gasteiger partial charge in [-0.25, -0.2) is 0 Å². The normalized spacial score (nSPS) is 42.5. The molecule has 8 atom stereocenters. The summed E-state index contributed by atoms with van der Waals surface area (Å²) >= 11 is 0. The second kappa shape index (κ2) is 8.01. The Kier molecular flexibility index (Phi) is 5.91. The molecule has 10 nitrogen and oxygen atoms in total. The van der Waals surface area contributed by atoms with Crippen LogP contribution in [0, 0.1) is 10.8 Å². The Bertz CT molecular complexity index is 915. The van der Waals surface area contributed by atoms with Gasteiger partial charge in [-0.2, -0.15) is 0 Å². The molecule has 2 bridgehead atoms. The van der Waals surface area contributed by atoms with Crippen molar-refractivity contribution in [3.05, 3.63) is 11.6 Å². The van der Waals surface area contributed by atoms with Gasteiger partial charge in [0.15, 0.2) is 6.10 Å². The number of epoxide rings is 1. The van der Waals surface area contributed by atoms with Crippen LogP contribution in [-0.4, -0.2) is 83.1 Å². The number of ether oxygens (including phenoxy) is 5. The van der Waals surface area contributed by atoms with E-state index in [2.05, 4.69) is 0 Å². The van der Waals surface area contributed by atoms with Crippen LogP contribution in [0.4, 0.5) is 0 Å². The second-order valence-electron chi connectivity index (χ2n) is 10.9. The highest BCUT2D eigenvalue weighted by atomic mass is 16.7. The van der Waals surface area contributed by atoms with Crippen LogP contribution in [0.3, 0.4) is 0 Å². The lowest BCUT2D eigenvalue weighted by atomic mass is 9.51. The van der Waals surface area contributed by atoms with Crippen molar-refractivity contribution in [2.45, 2.75) is 96.1 Å². The van der Waals surface area contributed by atoms with Crippen LogP contribution < -0.4 is 0 Å². The summed E-state index contributed by atoms with van der Waals surface area (Å²) in [5.41, 5.74) is -3.54. The molecule has 190 valence electrons. The minimum Gasteiger partial charge on any atom is -0.465 e. The molecule has 1 spiro atoms. The summed E-state index contributed by atoms with van der Waals surface area (Å²) in [6.07, 6.45) is -2.35. The summed E-state index contributed by atoms with van der Waals surface area (Å²) in [4.78, 5) is 36.3. The van der Waals surface area contributed by atoms with Gasteiger partial charge in [-0.3, -0.25) is 14.4 Å². The standard InChI is InChI=1S/C24H34O10/c1-12-7-16-23(10-30-13(2)25,8-15(12)33-17(27)9-21(4,5)29)22(6)19(28)18(32-14(3)26)20(34-16)24(22)11-31-24/h7,15-16,18-20,28-29H,8-11H2,1-6H3. The zero-order chi connectivity index (χ0) is 25.3. The highest BCUT2D eigenvalue weighted by Gasteiger charge is 2.86. The third-order valence-electron chi connectivity index (χ3n) is 8.02. The number of hydrogen-bond acceptors (Lipinski definition) is 10. The van der Waals surface area contributed by atoms with Crippen LogP contribution in [0.5, 0.6) is 0 Å². The van der Waals surface area contributed by atoms with Crippen molar-refractivity contribution in [2.24, 2.45) is 10.8 Å². The van der Waals surface area contributed by atoms with Gasteiger partial charge in [-0.05, 0) is 26.3 Å². The molecular weight excluding hydrogens is 448 g/mol. The third kappa shape index (κ3) is 3.66. The lowest BCUT2D eigenvalue weighted by Crippen LogP contribution is -2.67. The monoisotopic (exact) mass is 482 g/mol. The van der Waals surface area contributed by atoms with Gasteiger partial charge >= 0.3 is 17.9 Å². The van der Waals surface area contributed by atoms with Crippen LogP contribution in [0.25, 0.3) is 0 Å². The maximum absolute atomic E-state index is 12.6. The van der Waals surface area contributed by atoms with Crippen molar-refractivity contribution < 1.29 is 48.3 Å². The fraction of sp³-hybridized carbons (Fsp3) is 0.792. The fourth-order valence-electron chi connectivity index (χ4n) is 6.23. The van der Waals surface area contributed by atoms with Gasteiger partial charge in [0.25, 0.3) is 0 Å². The fourth-order valence-corrected chi connectivity index (χ4v) is 6.23. The first kappa shape index (κ1) is 25.1. The van der Waals surface area contributed by atoms with E-state index in [1.165, 1.54) is 27.7 Å². The predicted octanol–water partition coefficient (Wildman–Crippen LogP) is 0.808. The van der Waals surface area contributed by atoms with Crippen LogP contribution in [0.2, 0.25) is 0 Å². The molecule has 0 amide bonds. The lowest BCUT2D eigenvalue weighted by molar-refractivity contribution is -0.239. The average Bonchev–Trinajstić information content (AvgIpc) is 3.47. The van der Waals surface area contributed by atoms with Crippen molar-refractivity contribution >= 4 is 17.9 Å². The van der Waals surface area contributed by atoms with Gasteiger partial charge in [0, 0.05) is 31.1 Å². The molecule has 0 aromatic rings. The van der Waals surface area contributed by atoms with Gasteiger partial charge in [0.1, 0.15) is 30.5 Å². The summed E-state index contributed by atoms with van der Waals surface area (Å²) in [5.74, 6) is -1.63. The number of hydrogen-bond donors (Lipinski definition) is 2. The molecule has 0 aromatic heterocycles. The van der Waals surface area contributed by atoms with E-state index in [9.17, 15) is 24.6 Å². The van der Waals surface area contributed by atoms with E-state index in [-0.39, 0.29) is 26.1 Å². The maximum atomic E-state index is 12.6. The van der Waals surface area contributed by atoms with Crippen molar-refractivity contribution in [3.8, 4) is 0 Å². The molecule has 2 saturated heterocycles. The Balaban J connectivity index is 1.76. The third-order valence-corrected chi connectivity index (χ3v) is 8.02. The van der Waals surface area contributed by atoms with Crippen LogP contribution in [-0.2, 0) is 38.1 Å². The van der Waals surface area contributed by atoms with Gasteiger partial charge in [-0.1, -0.05) is 13.0 Å². The van der Waals surface area contributed by atoms with Crippen molar-refractivity contribution in [3.63, 3.8) is 0 Å². The Labute approximate surface area is 198 Å². The van der Waals surface area contributed by atoms with Gasteiger partial charge < -0.3 is 33.9 Å². The molecule has 3 fully saturated rings. The highest BCUT2D eigenvalue weighted by molar-refractivity contribution is 5.71. The number of fused-ring (bicyclic) bond motifs is 2. The Hall–Kier alpha value is -2.01. The minimum absolute atomic E-state index is 0.117. The maximum Gasteiger partial charge on any atom is 0.309 e. The van der Waals surface area contributed by atoms with E-state index in [1.807, 2.05) is 19.9 Å².